The summed E-state index contributed by atoms with van der Waals surface area (Å²) < 4.78 is 0. The van der Waals surface area contributed by atoms with Crippen molar-refractivity contribution in [2.75, 3.05) is 0 Å². The van der Waals surface area contributed by atoms with E-state index in [9.17, 15) is 0 Å². The number of benzene rings is 1. The SMILES string of the molecule is C=C(/C=C\C(C)=C/C)/C=C/c1ccc(C)cc1.CC.CC. The van der Waals surface area contributed by atoms with E-state index in [2.05, 4.69) is 62.9 Å². The number of aryl methyl sites for hydroxylation is 1. The average Bonchev–Trinajstić information content (AvgIpc) is 2.55. The third kappa shape index (κ3) is 11.7. The van der Waals surface area contributed by atoms with Crippen molar-refractivity contribution in [3.8, 4) is 0 Å². The molecule has 0 N–H and O–H groups in total. The molecule has 0 heteroatoms. The van der Waals surface area contributed by atoms with Crippen LogP contribution in [0.1, 0.15) is 52.7 Å². The van der Waals surface area contributed by atoms with Crippen molar-refractivity contribution in [3.63, 3.8) is 0 Å². The summed E-state index contributed by atoms with van der Waals surface area (Å²) in [5.74, 6) is 0. The highest BCUT2D eigenvalue weighted by Crippen LogP contribution is 2.08. The molecule has 0 bridgehead atoms. The van der Waals surface area contributed by atoms with E-state index in [1.807, 2.05) is 46.8 Å². The zero-order valence-electron chi connectivity index (χ0n) is 14.9. The van der Waals surface area contributed by atoms with Gasteiger partial charge in [-0.15, -0.1) is 0 Å². The van der Waals surface area contributed by atoms with Crippen molar-refractivity contribution in [1.29, 1.82) is 0 Å². The van der Waals surface area contributed by atoms with Gasteiger partial charge in [-0.05, 0) is 31.9 Å². The van der Waals surface area contributed by atoms with Crippen LogP contribution in [0.15, 0.2) is 66.3 Å². The molecule has 116 valence electrons. The highest BCUT2D eigenvalue weighted by Gasteiger charge is 1.87. The molecule has 1 aromatic rings. The molecule has 0 atom stereocenters. The Morgan fingerprint density at radius 3 is 1.90 bits per heavy atom. The van der Waals surface area contributed by atoms with Crippen LogP contribution in [0.5, 0.6) is 0 Å². The number of hydrogen-bond acceptors (Lipinski definition) is 0. The molecular formula is C21H32. The van der Waals surface area contributed by atoms with Crippen molar-refractivity contribution in [2.24, 2.45) is 0 Å². The molecule has 0 aliphatic carbocycles. The largest absolute Gasteiger partial charge is 0.0918 e. The summed E-state index contributed by atoms with van der Waals surface area (Å²) in [5, 5.41) is 0. The average molecular weight is 284 g/mol. The Morgan fingerprint density at radius 2 is 1.43 bits per heavy atom. The van der Waals surface area contributed by atoms with Crippen LogP contribution in [0.2, 0.25) is 0 Å². The van der Waals surface area contributed by atoms with Gasteiger partial charge in [-0.25, -0.2) is 0 Å². The molecule has 0 amide bonds. The van der Waals surface area contributed by atoms with E-state index in [4.69, 9.17) is 0 Å². The summed E-state index contributed by atoms with van der Waals surface area (Å²) in [6, 6.07) is 8.45. The van der Waals surface area contributed by atoms with Crippen LogP contribution >= 0.6 is 0 Å². The predicted octanol–water partition coefficient (Wildman–Crippen LogP) is 7.14. The maximum absolute atomic E-state index is 3.99. The second-order valence-electron chi connectivity index (χ2n) is 4.18. The van der Waals surface area contributed by atoms with E-state index in [-0.39, 0.29) is 0 Å². The molecule has 1 aromatic carbocycles. The van der Waals surface area contributed by atoms with Crippen LogP contribution < -0.4 is 0 Å². The summed E-state index contributed by atoms with van der Waals surface area (Å²) in [5.41, 5.74) is 4.74. The Bertz CT molecular complexity index is 453. The van der Waals surface area contributed by atoms with Gasteiger partial charge in [-0.3, -0.25) is 0 Å². The molecule has 0 aliphatic heterocycles. The lowest BCUT2D eigenvalue weighted by molar-refractivity contribution is 1.46. The fourth-order valence-electron chi connectivity index (χ4n) is 1.27. The molecule has 0 saturated heterocycles. The molecule has 0 radical (unpaired) electrons. The monoisotopic (exact) mass is 284 g/mol. The van der Waals surface area contributed by atoms with E-state index >= 15 is 0 Å². The molecule has 1 rings (SSSR count). The number of allylic oxidation sites excluding steroid dienone is 6. The normalized spacial score (nSPS) is 10.7. The van der Waals surface area contributed by atoms with Gasteiger partial charge in [0.2, 0.25) is 0 Å². The number of rotatable bonds is 4. The molecule has 0 unspecified atom stereocenters. The molecule has 0 spiro atoms. The molecule has 0 fully saturated rings. The molecule has 21 heavy (non-hydrogen) atoms. The van der Waals surface area contributed by atoms with Gasteiger partial charge in [0.15, 0.2) is 0 Å². The topological polar surface area (TPSA) is 0 Å². The fraction of sp³-hybridized carbons (Fsp3) is 0.333. The molecule has 0 aromatic heterocycles. The van der Waals surface area contributed by atoms with E-state index in [1.54, 1.807) is 0 Å². The predicted molar refractivity (Wildman–Crippen MR) is 101 cm³/mol. The second-order valence-corrected chi connectivity index (χ2v) is 4.18. The van der Waals surface area contributed by atoms with E-state index in [0.29, 0.717) is 0 Å². The zero-order chi connectivity index (χ0) is 16.7. The third-order valence-electron chi connectivity index (χ3n) is 2.58. The van der Waals surface area contributed by atoms with E-state index in [0.717, 1.165) is 5.57 Å². The highest BCUT2D eigenvalue weighted by atomic mass is 13.9. The summed E-state index contributed by atoms with van der Waals surface area (Å²) in [6.45, 7) is 18.2. The van der Waals surface area contributed by atoms with Gasteiger partial charge in [-0.2, -0.15) is 0 Å². The number of hydrogen-bond donors (Lipinski definition) is 0. The standard InChI is InChI=1S/C17H20.2C2H6/c1-5-14(2)6-7-15(3)8-11-17-12-9-16(4)10-13-17;2*1-2/h5-13H,3H2,1-2,4H3;2*1-2H3/b7-6-,11-8+,14-5-;;. The minimum Gasteiger partial charge on any atom is -0.0918 e. The van der Waals surface area contributed by atoms with Gasteiger partial charge in [0.05, 0.1) is 0 Å². The summed E-state index contributed by atoms with van der Waals surface area (Å²) >= 11 is 0. The van der Waals surface area contributed by atoms with E-state index in [1.165, 1.54) is 16.7 Å². The Labute approximate surface area is 132 Å². The first-order valence-electron chi connectivity index (χ1n) is 7.86. The first-order valence-corrected chi connectivity index (χ1v) is 7.86. The van der Waals surface area contributed by atoms with Gasteiger partial charge in [0.25, 0.3) is 0 Å². The van der Waals surface area contributed by atoms with Crippen LogP contribution in [0.25, 0.3) is 6.08 Å². The lowest BCUT2D eigenvalue weighted by atomic mass is 10.1. The second kappa shape index (κ2) is 14.6. The van der Waals surface area contributed by atoms with Crippen molar-refractivity contribution < 1.29 is 0 Å². The third-order valence-corrected chi connectivity index (χ3v) is 2.58. The van der Waals surface area contributed by atoms with Gasteiger partial charge in [0.1, 0.15) is 0 Å². The summed E-state index contributed by atoms with van der Waals surface area (Å²) in [6.07, 6.45) is 10.3. The lowest BCUT2D eigenvalue weighted by Crippen LogP contribution is -1.74. The van der Waals surface area contributed by atoms with Crippen LogP contribution in [0.4, 0.5) is 0 Å². The van der Waals surface area contributed by atoms with Crippen LogP contribution in [-0.4, -0.2) is 0 Å². The van der Waals surface area contributed by atoms with Gasteiger partial charge >= 0.3 is 0 Å². The molecule has 0 saturated carbocycles. The quantitative estimate of drug-likeness (QED) is 0.515. The Hall–Kier alpha value is -1.82. The van der Waals surface area contributed by atoms with Crippen LogP contribution in [0.3, 0.4) is 0 Å². The van der Waals surface area contributed by atoms with Gasteiger partial charge < -0.3 is 0 Å². The van der Waals surface area contributed by atoms with Crippen LogP contribution in [0, 0.1) is 6.92 Å². The van der Waals surface area contributed by atoms with Gasteiger partial charge in [-0.1, -0.05) is 100 Å². The summed E-state index contributed by atoms with van der Waals surface area (Å²) in [4.78, 5) is 0. The smallest absolute Gasteiger partial charge is 0.0256 e. The molecule has 0 aliphatic rings. The summed E-state index contributed by atoms with van der Waals surface area (Å²) in [7, 11) is 0. The van der Waals surface area contributed by atoms with Crippen molar-refractivity contribution in [2.45, 2.75) is 48.5 Å². The maximum Gasteiger partial charge on any atom is -0.0256 e. The minimum atomic E-state index is 1.01. The first-order chi connectivity index (χ1) is 10.1. The van der Waals surface area contributed by atoms with Crippen molar-refractivity contribution >= 4 is 6.08 Å². The maximum atomic E-state index is 3.99. The van der Waals surface area contributed by atoms with Crippen LogP contribution in [-0.2, 0) is 0 Å². The minimum absolute atomic E-state index is 1.01. The molecule has 0 heterocycles. The Kier molecular flexibility index (Phi) is 14.9. The van der Waals surface area contributed by atoms with Crippen molar-refractivity contribution in [3.05, 3.63) is 77.4 Å². The zero-order valence-corrected chi connectivity index (χ0v) is 14.9. The lowest BCUT2D eigenvalue weighted by Gasteiger charge is -1.95. The van der Waals surface area contributed by atoms with E-state index < -0.39 is 0 Å². The Morgan fingerprint density at radius 1 is 0.905 bits per heavy atom. The molecular weight excluding hydrogens is 252 g/mol. The first kappa shape index (κ1) is 21.5. The Balaban J connectivity index is 0. The molecule has 0 nitrogen and oxygen atoms in total. The van der Waals surface area contributed by atoms with Gasteiger partial charge in [0, 0.05) is 0 Å². The highest BCUT2D eigenvalue weighted by molar-refractivity contribution is 5.54. The van der Waals surface area contributed by atoms with Crippen molar-refractivity contribution in [1.82, 2.24) is 0 Å². The fourth-order valence-corrected chi connectivity index (χ4v) is 1.27.